The van der Waals surface area contributed by atoms with Crippen molar-refractivity contribution in [1.82, 2.24) is 5.32 Å². The van der Waals surface area contributed by atoms with Gasteiger partial charge in [-0.1, -0.05) is 29.3 Å². The lowest BCUT2D eigenvalue weighted by atomic mass is 10.3. The third-order valence-corrected chi connectivity index (χ3v) is 2.30. The molecule has 1 aromatic rings. The largest absolute Gasteiger partial charge is 0.351 e. The maximum Gasteiger partial charge on any atom is 0.318 e. The van der Waals surface area contributed by atoms with Crippen molar-refractivity contribution >= 4 is 40.9 Å². The number of hydrogen-bond acceptors (Lipinski definition) is 2. The summed E-state index contributed by atoms with van der Waals surface area (Å²) >= 11 is 11.8. The van der Waals surface area contributed by atoms with Gasteiger partial charge in [-0.05, 0) is 12.1 Å². The highest BCUT2D eigenvalue weighted by molar-refractivity contribution is 6.39. The van der Waals surface area contributed by atoms with E-state index in [-0.39, 0.29) is 5.96 Å². The standard InChI is InChI=1S/C9H10Cl2N4O/c1-13-9(15-8(12)16)14-7-5(10)3-2-4-6(7)11/h2-4H,1H3,(H4,12,13,14,15,16). The molecule has 0 fully saturated rings. The van der Waals surface area contributed by atoms with Gasteiger partial charge < -0.3 is 11.1 Å². The predicted molar refractivity (Wildman–Crippen MR) is 66.2 cm³/mol. The molecule has 0 radical (unpaired) electrons. The number of aliphatic imine (C=N–C) groups is 1. The second-order valence-electron chi connectivity index (χ2n) is 2.78. The Morgan fingerprint density at radius 3 is 2.38 bits per heavy atom. The van der Waals surface area contributed by atoms with Crippen molar-refractivity contribution in [3.05, 3.63) is 28.2 Å². The lowest BCUT2D eigenvalue weighted by Crippen LogP contribution is -2.39. The topological polar surface area (TPSA) is 79.5 Å². The Morgan fingerprint density at radius 2 is 1.94 bits per heavy atom. The molecule has 1 rings (SSSR count). The minimum Gasteiger partial charge on any atom is -0.351 e. The van der Waals surface area contributed by atoms with E-state index in [2.05, 4.69) is 15.6 Å². The Morgan fingerprint density at radius 1 is 1.38 bits per heavy atom. The number of carbonyl (C=O) groups is 1. The molecule has 0 unspecified atom stereocenters. The first-order valence-electron chi connectivity index (χ1n) is 4.29. The number of guanidine groups is 1. The van der Waals surface area contributed by atoms with E-state index < -0.39 is 6.03 Å². The van der Waals surface area contributed by atoms with Crippen LogP contribution in [0.1, 0.15) is 0 Å². The summed E-state index contributed by atoms with van der Waals surface area (Å²) in [7, 11) is 1.49. The molecule has 0 spiro atoms. The van der Waals surface area contributed by atoms with Gasteiger partial charge >= 0.3 is 6.03 Å². The van der Waals surface area contributed by atoms with Gasteiger partial charge in [-0.2, -0.15) is 0 Å². The molecule has 16 heavy (non-hydrogen) atoms. The van der Waals surface area contributed by atoms with Crippen molar-refractivity contribution < 1.29 is 4.79 Å². The number of hydrogen-bond donors (Lipinski definition) is 3. The van der Waals surface area contributed by atoms with E-state index in [1.807, 2.05) is 0 Å². The summed E-state index contributed by atoms with van der Waals surface area (Å²) < 4.78 is 0. The quantitative estimate of drug-likeness (QED) is 0.534. The van der Waals surface area contributed by atoms with Crippen LogP contribution in [0.4, 0.5) is 10.5 Å². The smallest absolute Gasteiger partial charge is 0.318 e. The zero-order valence-electron chi connectivity index (χ0n) is 8.42. The van der Waals surface area contributed by atoms with Gasteiger partial charge in [-0.15, -0.1) is 0 Å². The number of nitrogens with two attached hydrogens (primary N) is 1. The van der Waals surface area contributed by atoms with Crippen molar-refractivity contribution in [2.24, 2.45) is 10.7 Å². The van der Waals surface area contributed by atoms with Gasteiger partial charge in [0, 0.05) is 7.05 Å². The van der Waals surface area contributed by atoms with Crippen LogP contribution in [-0.4, -0.2) is 19.0 Å². The van der Waals surface area contributed by atoms with E-state index >= 15 is 0 Å². The molecule has 0 aliphatic carbocycles. The summed E-state index contributed by atoms with van der Waals surface area (Å²) in [5.74, 6) is 0.169. The maximum absolute atomic E-state index is 10.7. The van der Waals surface area contributed by atoms with Crippen LogP contribution in [0.3, 0.4) is 0 Å². The van der Waals surface area contributed by atoms with E-state index in [9.17, 15) is 4.79 Å². The molecule has 0 saturated heterocycles. The van der Waals surface area contributed by atoms with Crippen LogP contribution in [-0.2, 0) is 0 Å². The van der Waals surface area contributed by atoms with Crippen LogP contribution < -0.4 is 16.4 Å². The molecule has 4 N–H and O–H groups in total. The van der Waals surface area contributed by atoms with Gasteiger partial charge in [0.05, 0.1) is 15.7 Å². The number of halogens is 2. The van der Waals surface area contributed by atoms with E-state index in [0.29, 0.717) is 15.7 Å². The lowest BCUT2D eigenvalue weighted by molar-refractivity contribution is 0.253. The Hall–Kier alpha value is -1.46. The number of carbonyl (C=O) groups excluding carboxylic acids is 1. The SMILES string of the molecule is C/N=C(\NC(N)=O)Nc1c(Cl)cccc1Cl. The molecule has 0 aromatic heterocycles. The number of urea groups is 1. The molecule has 0 heterocycles. The number of amides is 2. The number of benzene rings is 1. The number of para-hydroxylation sites is 1. The van der Waals surface area contributed by atoms with Crippen LogP contribution in [0.25, 0.3) is 0 Å². The van der Waals surface area contributed by atoms with Gasteiger partial charge in [0.2, 0.25) is 5.96 Å². The number of nitrogens with zero attached hydrogens (tertiary/aromatic N) is 1. The highest BCUT2D eigenvalue weighted by Gasteiger charge is 2.08. The van der Waals surface area contributed by atoms with E-state index in [1.54, 1.807) is 18.2 Å². The molecule has 7 heteroatoms. The summed E-state index contributed by atoms with van der Waals surface area (Å²) in [6.45, 7) is 0. The van der Waals surface area contributed by atoms with E-state index in [1.165, 1.54) is 7.05 Å². The van der Waals surface area contributed by atoms with Gasteiger partial charge in [-0.25, -0.2) is 4.79 Å². The van der Waals surface area contributed by atoms with Crippen LogP contribution in [0.5, 0.6) is 0 Å². The average Bonchev–Trinajstić information content (AvgIpc) is 2.21. The fraction of sp³-hybridized carbons (Fsp3) is 0.111. The Kier molecular flexibility index (Phi) is 4.39. The molecular formula is C9H10Cl2N4O. The third kappa shape index (κ3) is 3.29. The predicted octanol–water partition coefficient (Wildman–Crippen LogP) is 2.06. The van der Waals surface area contributed by atoms with Crippen LogP contribution >= 0.6 is 23.2 Å². The summed E-state index contributed by atoms with van der Waals surface area (Å²) in [6.07, 6.45) is 0. The molecule has 0 aliphatic rings. The molecule has 0 saturated carbocycles. The summed E-state index contributed by atoms with van der Waals surface area (Å²) in [4.78, 5) is 14.4. The Labute approximate surface area is 103 Å². The fourth-order valence-electron chi connectivity index (χ4n) is 0.995. The van der Waals surface area contributed by atoms with E-state index in [0.717, 1.165) is 0 Å². The number of primary amides is 1. The zero-order valence-corrected chi connectivity index (χ0v) is 9.93. The molecule has 0 bridgehead atoms. The zero-order chi connectivity index (χ0) is 12.1. The van der Waals surface area contributed by atoms with E-state index in [4.69, 9.17) is 28.9 Å². The first kappa shape index (κ1) is 12.6. The number of anilines is 1. The van der Waals surface area contributed by atoms with Crippen LogP contribution in [0.2, 0.25) is 10.0 Å². The first-order valence-corrected chi connectivity index (χ1v) is 5.04. The molecule has 1 aromatic carbocycles. The minimum atomic E-state index is -0.726. The second-order valence-corrected chi connectivity index (χ2v) is 3.60. The summed E-state index contributed by atoms with van der Waals surface area (Å²) in [6, 6.07) is 4.30. The van der Waals surface area contributed by atoms with Crippen molar-refractivity contribution in [2.75, 3.05) is 12.4 Å². The van der Waals surface area contributed by atoms with Crippen LogP contribution in [0.15, 0.2) is 23.2 Å². The van der Waals surface area contributed by atoms with Gasteiger partial charge in [0.15, 0.2) is 0 Å². The van der Waals surface area contributed by atoms with Crippen LogP contribution in [0, 0.1) is 0 Å². The fourth-order valence-corrected chi connectivity index (χ4v) is 1.49. The third-order valence-electron chi connectivity index (χ3n) is 1.67. The van der Waals surface area contributed by atoms with Gasteiger partial charge in [0.1, 0.15) is 0 Å². The molecular weight excluding hydrogens is 251 g/mol. The normalized spacial score (nSPS) is 11.1. The summed E-state index contributed by atoms with van der Waals surface area (Å²) in [5, 5.41) is 5.90. The lowest BCUT2D eigenvalue weighted by Gasteiger charge is -2.11. The van der Waals surface area contributed by atoms with Gasteiger partial charge in [-0.3, -0.25) is 10.3 Å². The maximum atomic E-state index is 10.7. The minimum absolute atomic E-state index is 0.169. The molecule has 2 amide bonds. The first-order chi connectivity index (χ1) is 7.54. The molecule has 86 valence electrons. The number of nitrogens with one attached hydrogen (secondary N) is 2. The Bertz CT molecular complexity index is 413. The average molecular weight is 261 g/mol. The molecule has 0 aliphatic heterocycles. The Balaban J connectivity index is 2.91. The van der Waals surface area contributed by atoms with Gasteiger partial charge in [0.25, 0.3) is 0 Å². The second kappa shape index (κ2) is 5.58. The van der Waals surface area contributed by atoms with Crippen molar-refractivity contribution in [3.8, 4) is 0 Å². The monoisotopic (exact) mass is 260 g/mol. The molecule has 5 nitrogen and oxygen atoms in total. The van der Waals surface area contributed by atoms with Crippen molar-refractivity contribution in [2.45, 2.75) is 0 Å². The summed E-state index contributed by atoms with van der Waals surface area (Å²) in [5.41, 5.74) is 5.42. The number of rotatable bonds is 1. The van der Waals surface area contributed by atoms with Crippen molar-refractivity contribution in [3.63, 3.8) is 0 Å². The van der Waals surface area contributed by atoms with Crippen molar-refractivity contribution in [1.29, 1.82) is 0 Å². The highest BCUT2D eigenvalue weighted by atomic mass is 35.5. The molecule has 0 atom stereocenters. The highest BCUT2D eigenvalue weighted by Crippen LogP contribution is 2.29.